The standard InChI is InChI=1S/C17H22N2/c1-12-9-13(2)16(14(3)10-12)11-19-15(4)17-7-5-6-8-18-17/h5-10,15,19H,11H2,1-4H3. The molecule has 0 spiro atoms. The fourth-order valence-corrected chi connectivity index (χ4v) is 2.48. The highest BCUT2D eigenvalue weighted by molar-refractivity contribution is 5.37. The van der Waals surface area contributed by atoms with Crippen molar-refractivity contribution in [3.05, 3.63) is 64.5 Å². The predicted octanol–water partition coefficient (Wildman–Crippen LogP) is 3.86. The summed E-state index contributed by atoms with van der Waals surface area (Å²) in [5.41, 5.74) is 6.53. The van der Waals surface area contributed by atoms with E-state index in [9.17, 15) is 0 Å². The molecule has 0 amide bonds. The molecule has 0 saturated carbocycles. The molecule has 1 atom stereocenters. The van der Waals surface area contributed by atoms with Crippen molar-refractivity contribution in [1.29, 1.82) is 0 Å². The van der Waals surface area contributed by atoms with Crippen LogP contribution in [0.25, 0.3) is 0 Å². The molecule has 100 valence electrons. The van der Waals surface area contributed by atoms with Gasteiger partial charge in [-0.2, -0.15) is 0 Å². The van der Waals surface area contributed by atoms with Crippen LogP contribution in [0.3, 0.4) is 0 Å². The number of rotatable bonds is 4. The first-order chi connectivity index (χ1) is 9.08. The maximum Gasteiger partial charge on any atom is 0.0570 e. The van der Waals surface area contributed by atoms with Crippen molar-refractivity contribution in [3.8, 4) is 0 Å². The summed E-state index contributed by atoms with van der Waals surface area (Å²) in [6.07, 6.45) is 1.84. The molecule has 2 rings (SSSR count). The monoisotopic (exact) mass is 254 g/mol. The second-order valence-electron chi connectivity index (χ2n) is 5.23. The number of aromatic nitrogens is 1. The van der Waals surface area contributed by atoms with Crippen LogP contribution in [0.1, 0.15) is 40.9 Å². The van der Waals surface area contributed by atoms with Crippen LogP contribution < -0.4 is 5.32 Å². The van der Waals surface area contributed by atoms with E-state index in [-0.39, 0.29) is 6.04 Å². The van der Waals surface area contributed by atoms with E-state index in [4.69, 9.17) is 0 Å². The van der Waals surface area contributed by atoms with E-state index in [1.807, 2.05) is 18.3 Å². The van der Waals surface area contributed by atoms with E-state index in [1.165, 1.54) is 22.3 Å². The van der Waals surface area contributed by atoms with Crippen LogP contribution in [0.5, 0.6) is 0 Å². The summed E-state index contributed by atoms with van der Waals surface area (Å²) in [4.78, 5) is 4.39. The summed E-state index contributed by atoms with van der Waals surface area (Å²) in [5, 5.41) is 3.55. The molecular weight excluding hydrogens is 232 g/mol. The van der Waals surface area contributed by atoms with Crippen LogP contribution in [0, 0.1) is 20.8 Å². The lowest BCUT2D eigenvalue weighted by molar-refractivity contribution is 0.559. The summed E-state index contributed by atoms with van der Waals surface area (Å²) in [7, 11) is 0. The second kappa shape index (κ2) is 5.98. The number of benzene rings is 1. The molecule has 0 bridgehead atoms. The third-order valence-corrected chi connectivity index (χ3v) is 3.56. The van der Waals surface area contributed by atoms with Crippen LogP contribution in [0.2, 0.25) is 0 Å². The number of hydrogen-bond acceptors (Lipinski definition) is 2. The van der Waals surface area contributed by atoms with E-state index in [0.717, 1.165) is 12.2 Å². The molecule has 0 radical (unpaired) electrons. The highest BCUT2D eigenvalue weighted by atomic mass is 14.9. The lowest BCUT2D eigenvalue weighted by Crippen LogP contribution is -2.20. The SMILES string of the molecule is Cc1cc(C)c(CNC(C)c2ccccn2)c(C)c1. The molecule has 0 aliphatic heterocycles. The van der Waals surface area contributed by atoms with Gasteiger partial charge in [0, 0.05) is 18.8 Å². The summed E-state index contributed by atoms with van der Waals surface area (Å²) in [6.45, 7) is 9.55. The third kappa shape index (κ3) is 3.42. The molecule has 1 aromatic carbocycles. The number of hydrogen-bond donors (Lipinski definition) is 1. The Labute approximate surface area is 115 Å². The van der Waals surface area contributed by atoms with Crippen LogP contribution in [-0.2, 0) is 6.54 Å². The van der Waals surface area contributed by atoms with Gasteiger partial charge in [-0.15, -0.1) is 0 Å². The number of aryl methyl sites for hydroxylation is 3. The van der Waals surface area contributed by atoms with Gasteiger partial charge in [-0.3, -0.25) is 4.98 Å². The van der Waals surface area contributed by atoms with Gasteiger partial charge in [-0.05, 0) is 56.5 Å². The van der Waals surface area contributed by atoms with Gasteiger partial charge in [0.05, 0.1) is 5.69 Å². The fourth-order valence-electron chi connectivity index (χ4n) is 2.48. The van der Waals surface area contributed by atoms with E-state index in [1.54, 1.807) is 0 Å². The average molecular weight is 254 g/mol. The third-order valence-electron chi connectivity index (χ3n) is 3.56. The van der Waals surface area contributed by atoms with E-state index < -0.39 is 0 Å². The zero-order valence-electron chi connectivity index (χ0n) is 12.2. The average Bonchev–Trinajstić information content (AvgIpc) is 2.38. The van der Waals surface area contributed by atoms with Gasteiger partial charge in [0.2, 0.25) is 0 Å². The lowest BCUT2D eigenvalue weighted by Gasteiger charge is -2.16. The van der Waals surface area contributed by atoms with Gasteiger partial charge in [-0.25, -0.2) is 0 Å². The van der Waals surface area contributed by atoms with Crippen molar-refractivity contribution in [3.63, 3.8) is 0 Å². The Hall–Kier alpha value is -1.67. The van der Waals surface area contributed by atoms with Gasteiger partial charge in [0.1, 0.15) is 0 Å². The van der Waals surface area contributed by atoms with Gasteiger partial charge in [0.25, 0.3) is 0 Å². The fraction of sp³-hybridized carbons (Fsp3) is 0.353. The molecule has 1 N–H and O–H groups in total. The number of nitrogens with zero attached hydrogens (tertiary/aromatic N) is 1. The quantitative estimate of drug-likeness (QED) is 0.896. The maximum atomic E-state index is 4.39. The highest BCUT2D eigenvalue weighted by Gasteiger charge is 2.08. The van der Waals surface area contributed by atoms with E-state index in [2.05, 4.69) is 56.2 Å². The van der Waals surface area contributed by atoms with Crippen LogP contribution in [0.4, 0.5) is 0 Å². The first kappa shape index (κ1) is 13.8. The topological polar surface area (TPSA) is 24.9 Å². The zero-order chi connectivity index (χ0) is 13.8. The van der Waals surface area contributed by atoms with Crippen LogP contribution >= 0.6 is 0 Å². The van der Waals surface area contributed by atoms with Gasteiger partial charge >= 0.3 is 0 Å². The van der Waals surface area contributed by atoms with Gasteiger partial charge in [-0.1, -0.05) is 23.8 Å². The summed E-state index contributed by atoms with van der Waals surface area (Å²) in [6, 6.07) is 10.8. The maximum absolute atomic E-state index is 4.39. The zero-order valence-corrected chi connectivity index (χ0v) is 12.2. The van der Waals surface area contributed by atoms with Crippen molar-refractivity contribution in [1.82, 2.24) is 10.3 Å². The van der Waals surface area contributed by atoms with Crippen LogP contribution in [0.15, 0.2) is 36.5 Å². The molecule has 19 heavy (non-hydrogen) atoms. The molecule has 0 saturated heterocycles. The molecule has 1 unspecified atom stereocenters. The Kier molecular flexibility index (Phi) is 4.33. The molecule has 0 fully saturated rings. The number of nitrogens with one attached hydrogen (secondary N) is 1. The minimum atomic E-state index is 0.265. The Bertz CT molecular complexity index is 523. The second-order valence-corrected chi connectivity index (χ2v) is 5.23. The predicted molar refractivity (Wildman–Crippen MR) is 80.1 cm³/mol. The molecule has 2 heteroatoms. The number of pyridine rings is 1. The molecule has 2 nitrogen and oxygen atoms in total. The van der Waals surface area contributed by atoms with Gasteiger partial charge in [0.15, 0.2) is 0 Å². The molecule has 0 aliphatic carbocycles. The lowest BCUT2D eigenvalue weighted by atomic mass is 9.99. The first-order valence-electron chi connectivity index (χ1n) is 6.79. The smallest absolute Gasteiger partial charge is 0.0570 e. The Morgan fingerprint density at radius 3 is 2.37 bits per heavy atom. The minimum absolute atomic E-state index is 0.265. The highest BCUT2D eigenvalue weighted by Crippen LogP contribution is 2.17. The Morgan fingerprint density at radius 2 is 1.79 bits per heavy atom. The largest absolute Gasteiger partial charge is 0.305 e. The van der Waals surface area contributed by atoms with E-state index >= 15 is 0 Å². The molecule has 0 aliphatic rings. The van der Waals surface area contributed by atoms with Crippen molar-refractivity contribution in [2.45, 2.75) is 40.3 Å². The summed E-state index contributed by atoms with van der Waals surface area (Å²) in [5.74, 6) is 0. The Balaban J connectivity index is 2.07. The van der Waals surface area contributed by atoms with Crippen molar-refractivity contribution >= 4 is 0 Å². The normalized spacial score (nSPS) is 12.4. The molecule has 1 aromatic heterocycles. The summed E-state index contributed by atoms with van der Waals surface area (Å²) < 4.78 is 0. The van der Waals surface area contributed by atoms with Gasteiger partial charge < -0.3 is 5.32 Å². The summed E-state index contributed by atoms with van der Waals surface area (Å²) >= 11 is 0. The van der Waals surface area contributed by atoms with E-state index in [0.29, 0.717) is 0 Å². The van der Waals surface area contributed by atoms with Crippen LogP contribution in [-0.4, -0.2) is 4.98 Å². The van der Waals surface area contributed by atoms with Crippen molar-refractivity contribution in [2.75, 3.05) is 0 Å². The van der Waals surface area contributed by atoms with Crippen molar-refractivity contribution < 1.29 is 0 Å². The Morgan fingerprint density at radius 1 is 1.11 bits per heavy atom. The van der Waals surface area contributed by atoms with Crippen molar-refractivity contribution in [2.24, 2.45) is 0 Å². The molecule has 1 heterocycles. The first-order valence-corrected chi connectivity index (χ1v) is 6.79. The minimum Gasteiger partial charge on any atom is -0.305 e. The molecule has 2 aromatic rings. The molecular formula is C17H22N2.